The Hall–Kier alpha value is -1.86. The van der Waals surface area contributed by atoms with E-state index in [1.165, 1.54) is 19.3 Å². The molecule has 0 aromatic carbocycles. The van der Waals surface area contributed by atoms with Gasteiger partial charge in [-0.15, -0.1) is 0 Å². The molecule has 7 nitrogen and oxygen atoms in total. The van der Waals surface area contributed by atoms with Crippen molar-refractivity contribution in [2.75, 3.05) is 49.7 Å². The maximum absolute atomic E-state index is 11.9. The van der Waals surface area contributed by atoms with Gasteiger partial charge in [0.05, 0.1) is 24.6 Å². The largest absolute Gasteiger partial charge is 0.379 e. The molecule has 2 aliphatic heterocycles. The third-order valence-corrected chi connectivity index (χ3v) is 4.76. The van der Waals surface area contributed by atoms with Crippen LogP contribution in [0.5, 0.6) is 0 Å². The van der Waals surface area contributed by atoms with Gasteiger partial charge in [0.15, 0.2) is 0 Å². The normalized spacial score (nSPS) is 20.2. The molecule has 1 atom stereocenters. The van der Waals surface area contributed by atoms with E-state index in [9.17, 15) is 4.79 Å². The molecule has 7 heteroatoms. The lowest BCUT2D eigenvalue weighted by atomic mass is 10.1. The molecule has 0 unspecified atom stereocenters. The van der Waals surface area contributed by atoms with Crippen molar-refractivity contribution in [3.05, 3.63) is 18.3 Å². The Morgan fingerprint density at radius 1 is 1.27 bits per heavy atom. The number of amides is 2. The second kappa shape index (κ2) is 10.3. The van der Waals surface area contributed by atoms with E-state index in [4.69, 9.17) is 9.47 Å². The molecule has 2 aliphatic rings. The first-order valence-electron chi connectivity index (χ1n) is 9.76. The molecule has 0 spiro atoms. The van der Waals surface area contributed by atoms with Crippen LogP contribution in [-0.2, 0) is 9.47 Å². The number of rotatable bonds is 8. The highest BCUT2D eigenvalue weighted by Gasteiger charge is 2.15. The Labute approximate surface area is 155 Å². The molecule has 1 aromatic heterocycles. The first-order chi connectivity index (χ1) is 12.8. The number of aromatic nitrogens is 1. The number of hydrogen-bond acceptors (Lipinski definition) is 5. The molecule has 2 fully saturated rings. The number of hydrogen-bond donors (Lipinski definition) is 2. The Morgan fingerprint density at radius 3 is 2.88 bits per heavy atom. The summed E-state index contributed by atoms with van der Waals surface area (Å²) in [6.07, 6.45) is 8.72. The summed E-state index contributed by atoms with van der Waals surface area (Å²) in [5.74, 6) is 0.985. The average Bonchev–Trinajstić information content (AvgIpc) is 3.19. The molecule has 26 heavy (non-hydrogen) atoms. The van der Waals surface area contributed by atoms with Crippen molar-refractivity contribution >= 4 is 17.5 Å². The molecule has 0 saturated carbocycles. The van der Waals surface area contributed by atoms with E-state index >= 15 is 0 Å². The van der Waals surface area contributed by atoms with Gasteiger partial charge < -0.3 is 25.0 Å². The zero-order valence-electron chi connectivity index (χ0n) is 15.4. The number of nitrogens with one attached hydrogen (secondary N) is 2. The van der Waals surface area contributed by atoms with Gasteiger partial charge in [0.2, 0.25) is 0 Å². The zero-order chi connectivity index (χ0) is 18.0. The highest BCUT2D eigenvalue weighted by atomic mass is 16.5. The van der Waals surface area contributed by atoms with Crippen LogP contribution in [0.15, 0.2) is 18.3 Å². The molecule has 0 bridgehead atoms. The predicted molar refractivity (Wildman–Crippen MR) is 102 cm³/mol. The highest BCUT2D eigenvalue weighted by molar-refractivity contribution is 5.89. The van der Waals surface area contributed by atoms with E-state index in [0.717, 1.165) is 44.8 Å². The Kier molecular flexibility index (Phi) is 7.51. The molecular weight excluding hydrogens is 332 g/mol. The van der Waals surface area contributed by atoms with Gasteiger partial charge in [0.25, 0.3) is 0 Å². The summed E-state index contributed by atoms with van der Waals surface area (Å²) in [7, 11) is 0. The van der Waals surface area contributed by atoms with Crippen molar-refractivity contribution in [2.24, 2.45) is 0 Å². The molecule has 0 radical (unpaired) electrons. The van der Waals surface area contributed by atoms with Crippen molar-refractivity contribution in [2.45, 2.75) is 44.6 Å². The Bertz CT molecular complexity index is 540. The lowest BCUT2D eigenvalue weighted by molar-refractivity contribution is 0.0168. The molecule has 1 aromatic rings. The summed E-state index contributed by atoms with van der Waals surface area (Å²) in [6.45, 7) is 4.85. The summed E-state index contributed by atoms with van der Waals surface area (Å²) in [4.78, 5) is 18.7. The number of piperidine rings is 1. The number of pyridine rings is 1. The van der Waals surface area contributed by atoms with Gasteiger partial charge in [-0.05, 0) is 50.7 Å². The topological polar surface area (TPSA) is 75.7 Å². The van der Waals surface area contributed by atoms with Gasteiger partial charge in [0.1, 0.15) is 5.82 Å². The molecule has 2 N–H and O–H groups in total. The van der Waals surface area contributed by atoms with E-state index in [0.29, 0.717) is 25.4 Å². The standard InChI is InChI=1S/C19H30N4O3/c24-19(20-9-5-12-25-15-17-6-4-13-26-17)22-16-7-8-18(21-14-16)23-10-2-1-3-11-23/h7-8,14,17H,1-6,9-13,15H2,(H2,20,22,24)/t17-/m0/s1. The number of carbonyl (C=O) groups excluding carboxylic acids is 1. The fraction of sp³-hybridized carbons (Fsp3) is 0.684. The van der Waals surface area contributed by atoms with Crippen molar-refractivity contribution in [3.63, 3.8) is 0 Å². The number of anilines is 2. The van der Waals surface area contributed by atoms with Crippen LogP contribution in [0, 0.1) is 0 Å². The second-order valence-corrected chi connectivity index (χ2v) is 6.90. The molecule has 2 amide bonds. The van der Waals surface area contributed by atoms with Crippen molar-refractivity contribution < 1.29 is 14.3 Å². The van der Waals surface area contributed by atoms with E-state index in [1.54, 1.807) is 6.20 Å². The number of urea groups is 1. The smallest absolute Gasteiger partial charge is 0.319 e. The molecule has 144 valence electrons. The van der Waals surface area contributed by atoms with Crippen LogP contribution in [0.25, 0.3) is 0 Å². The van der Waals surface area contributed by atoms with Gasteiger partial charge in [-0.1, -0.05) is 0 Å². The second-order valence-electron chi connectivity index (χ2n) is 6.90. The van der Waals surface area contributed by atoms with Crippen LogP contribution >= 0.6 is 0 Å². The maximum atomic E-state index is 11.9. The quantitative estimate of drug-likeness (QED) is 0.696. The van der Waals surface area contributed by atoms with Gasteiger partial charge in [-0.25, -0.2) is 9.78 Å². The van der Waals surface area contributed by atoms with E-state index in [-0.39, 0.29) is 12.1 Å². The average molecular weight is 362 g/mol. The van der Waals surface area contributed by atoms with Crippen LogP contribution < -0.4 is 15.5 Å². The van der Waals surface area contributed by atoms with Crippen molar-refractivity contribution in [1.29, 1.82) is 0 Å². The summed E-state index contributed by atoms with van der Waals surface area (Å²) < 4.78 is 11.1. The first-order valence-corrected chi connectivity index (χ1v) is 9.76. The summed E-state index contributed by atoms with van der Waals surface area (Å²) in [5, 5.41) is 5.65. The Balaban J connectivity index is 1.28. The third-order valence-electron chi connectivity index (χ3n) is 4.76. The first kappa shape index (κ1) is 18.9. The third kappa shape index (κ3) is 6.14. The summed E-state index contributed by atoms with van der Waals surface area (Å²) in [5.41, 5.74) is 0.706. The fourth-order valence-electron chi connectivity index (χ4n) is 3.31. The van der Waals surface area contributed by atoms with E-state index in [2.05, 4.69) is 20.5 Å². The number of ether oxygens (including phenoxy) is 2. The number of nitrogens with zero attached hydrogens (tertiary/aromatic N) is 2. The Morgan fingerprint density at radius 2 is 2.15 bits per heavy atom. The highest BCUT2D eigenvalue weighted by Crippen LogP contribution is 2.18. The minimum atomic E-state index is -0.211. The minimum absolute atomic E-state index is 0.211. The van der Waals surface area contributed by atoms with Crippen LogP contribution in [0.1, 0.15) is 38.5 Å². The molecule has 0 aliphatic carbocycles. The lowest BCUT2D eigenvalue weighted by Crippen LogP contribution is -2.31. The molecular formula is C19H30N4O3. The minimum Gasteiger partial charge on any atom is -0.379 e. The molecule has 3 rings (SSSR count). The van der Waals surface area contributed by atoms with E-state index < -0.39 is 0 Å². The maximum Gasteiger partial charge on any atom is 0.319 e. The summed E-state index contributed by atoms with van der Waals surface area (Å²) >= 11 is 0. The van der Waals surface area contributed by atoms with Crippen LogP contribution in [0.4, 0.5) is 16.3 Å². The lowest BCUT2D eigenvalue weighted by Gasteiger charge is -2.27. The molecule has 3 heterocycles. The zero-order valence-corrected chi connectivity index (χ0v) is 15.4. The fourth-order valence-corrected chi connectivity index (χ4v) is 3.31. The van der Waals surface area contributed by atoms with Crippen LogP contribution in [-0.4, -0.2) is 56.6 Å². The van der Waals surface area contributed by atoms with Crippen molar-refractivity contribution in [3.8, 4) is 0 Å². The SMILES string of the molecule is O=C(NCCCOC[C@@H]1CCCO1)Nc1ccc(N2CCCCC2)nc1. The van der Waals surface area contributed by atoms with Crippen LogP contribution in [0.3, 0.4) is 0 Å². The van der Waals surface area contributed by atoms with Crippen LogP contribution in [0.2, 0.25) is 0 Å². The van der Waals surface area contributed by atoms with Gasteiger partial charge >= 0.3 is 6.03 Å². The van der Waals surface area contributed by atoms with Crippen molar-refractivity contribution in [1.82, 2.24) is 10.3 Å². The van der Waals surface area contributed by atoms with Gasteiger partial charge in [-0.3, -0.25) is 0 Å². The molecule has 2 saturated heterocycles. The number of carbonyl (C=O) groups is 1. The predicted octanol–water partition coefficient (Wildman–Crippen LogP) is 2.78. The monoisotopic (exact) mass is 362 g/mol. The van der Waals surface area contributed by atoms with E-state index in [1.807, 2.05) is 12.1 Å². The van der Waals surface area contributed by atoms with Gasteiger partial charge in [-0.2, -0.15) is 0 Å². The summed E-state index contributed by atoms with van der Waals surface area (Å²) in [6, 6.07) is 3.66. The van der Waals surface area contributed by atoms with Gasteiger partial charge in [0, 0.05) is 32.8 Å².